The molecule has 1 heteroatoms. The van der Waals surface area contributed by atoms with Crippen LogP contribution in [0.1, 0.15) is 19.3 Å². The van der Waals surface area contributed by atoms with Crippen LogP contribution >= 0.6 is 0 Å². The normalized spacial score (nSPS) is 29.7. The molecule has 14 heavy (non-hydrogen) atoms. The van der Waals surface area contributed by atoms with Crippen LogP contribution in [-0.4, -0.2) is 6.04 Å². The van der Waals surface area contributed by atoms with Crippen molar-refractivity contribution in [2.75, 3.05) is 0 Å². The van der Waals surface area contributed by atoms with Gasteiger partial charge in [-0.2, -0.15) is 0 Å². The van der Waals surface area contributed by atoms with E-state index in [9.17, 15) is 0 Å². The zero-order valence-corrected chi connectivity index (χ0v) is 8.29. The highest BCUT2D eigenvalue weighted by molar-refractivity contribution is 5.53. The maximum atomic E-state index is 3.81. The quantitative estimate of drug-likeness (QED) is 0.712. The molecule has 0 bridgehead atoms. The summed E-state index contributed by atoms with van der Waals surface area (Å²) in [4.78, 5) is 0. The molecule has 1 N–H and O–H groups in total. The monoisotopic (exact) mass is 185 g/mol. The van der Waals surface area contributed by atoms with Crippen LogP contribution in [0.5, 0.6) is 0 Å². The summed E-state index contributed by atoms with van der Waals surface area (Å²) in [6.07, 6.45) is 12.6. The van der Waals surface area contributed by atoms with Gasteiger partial charge in [0.2, 0.25) is 0 Å². The molecule has 1 unspecified atom stereocenters. The summed E-state index contributed by atoms with van der Waals surface area (Å²) >= 11 is 0. The van der Waals surface area contributed by atoms with Gasteiger partial charge in [-0.15, -0.1) is 0 Å². The SMILES string of the molecule is C=CC1=CNC(C2CC2)C(C2=CC2)=C1. The summed E-state index contributed by atoms with van der Waals surface area (Å²) in [5.41, 5.74) is 4.27. The van der Waals surface area contributed by atoms with Gasteiger partial charge in [-0.1, -0.05) is 18.7 Å². The van der Waals surface area contributed by atoms with E-state index in [2.05, 4.69) is 30.2 Å². The second kappa shape index (κ2) is 2.88. The maximum absolute atomic E-state index is 3.81. The van der Waals surface area contributed by atoms with Crippen molar-refractivity contribution in [2.45, 2.75) is 25.3 Å². The van der Waals surface area contributed by atoms with E-state index in [1.54, 1.807) is 5.57 Å². The second-order valence-corrected chi connectivity index (χ2v) is 4.36. The predicted molar refractivity (Wildman–Crippen MR) is 58.7 cm³/mol. The van der Waals surface area contributed by atoms with Crippen LogP contribution in [0, 0.1) is 5.92 Å². The predicted octanol–water partition coefficient (Wildman–Crippen LogP) is 2.69. The minimum absolute atomic E-state index is 0.590. The zero-order valence-electron chi connectivity index (χ0n) is 8.29. The van der Waals surface area contributed by atoms with Crippen molar-refractivity contribution in [3.8, 4) is 0 Å². The summed E-state index contributed by atoms with van der Waals surface area (Å²) in [6.45, 7) is 3.81. The van der Waals surface area contributed by atoms with Gasteiger partial charge in [-0.3, -0.25) is 0 Å². The van der Waals surface area contributed by atoms with Gasteiger partial charge in [-0.05, 0) is 48.0 Å². The van der Waals surface area contributed by atoms with Gasteiger partial charge in [0.25, 0.3) is 0 Å². The molecule has 0 aromatic rings. The third kappa shape index (κ3) is 1.33. The molecule has 0 aromatic carbocycles. The molecule has 1 atom stereocenters. The highest BCUT2D eigenvalue weighted by Crippen LogP contribution is 2.42. The molecule has 2 aliphatic carbocycles. The van der Waals surface area contributed by atoms with E-state index >= 15 is 0 Å². The molecule has 72 valence electrons. The lowest BCUT2D eigenvalue weighted by molar-refractivity contribution is 0.590. The van der Waals surface area contributed by atoms with Crippen LogP contribution in [-0.2, 0) is 0 Å². The van der Waals surface area contributed by atoms with Crippen LogP contribution in [0.3, 0.4) is 0 Å². The van der Waals surface area contributed by atoms with Gasteiger partial charge in [0.1, 0.15) is 0 Å². The van der Waals surface area contributed by atoms with Gasteiger partial charge in [0, 0.05) is 6.20 Å². The number of hydrogen-bond acceptors (Lipinski definition) is 1. The van der Waals surface area contributed by atoms with E-state index in [0.717, 1.165) is 5.92 Å². The summed E-state index contributed by atoms with van der Waals surface area (Å²) in [5.74, 6) is 0.880. The van der Waals surface area contributed by atoms with Crippen LogP contribution < -0.4 is 5.32 Å². The highest BCUT2D eigenvalue weighted by Gasteiger charge is 2.36. The largest absolute Gasteiger partial charge is 0.383 e. The Morgan fingerprint density at radius 1 is 1.43 bits per heavy atom. The standard InChI is InChI=1S/C13H15N/c1-2-9-7-12(10-3-4-10)13(14-8-9)11-5-6-11/h2-3,7-8,11,13-14H,1,4-6H2. The summed E-state index contributed by atoms with van der Waals surface area (Å²) in [5, 5.41) is 3.51. The fourth-order valence-electron chi connectivity index (χ4n) is 2.10. The van der Waals surface area contributed by atoms with Crippen molar-refractivity contribution >= 4 is 0 Å². The first-order valence-corrected chi connectivity index (χ1v) is 5.38. The molecule has 3 aliphatic rings. The van der Waals surface area contributed by atoms with Crippen molar-refractivity contribution in [3.05, 3.63) is 47.7 Å². The molecule has 3 rings (SSSR count). The Hall–Kier alpha value is -1.24. The van der Waals surface area contributed by atoms with Gasteiger partial charge >= 0.3 is 0 Å². The second-order valence-electron chi connectivity index (χ2n) is 4.36. The van der Waals surface area contributed by atoms with Gasteiger partial charge < -0.3 is 5.32 Å². The van der Waals surface area contributed by atoms with Gasteiger partial charge in [0.15, 0.2) is 0 Å². The van der Waals surface area contributed by atoms with Gasteiger partial charge in [0.05, 0.1) is 6.04 Å². The third-order valence-corrected chi connectivity index (χ3v) is 3.19. The lowest BCUT2D eigenvalue weighted by atomic mass is 9.95. The van der Waals surface area contributed by atoms with Crippen LogP contribution in [0.15, 0.2) is 47.7 Å². The van der Waals surface area contributed by atoms with E-state index < -0.39 is 0 Å². The minimum Gasteiger partial charge on any atom is -0.383 e. The first kappa shape index (κ1) is 8.10. The molecule has 1 saturated carbocycles. The fraction of sp³-hybridized carbons (Fsp3) is 0.385. The zero-order chi connectivity index (χ0) is 9.54. The van der Waals surface area contributed by atoms with Crippen molar-refractivity contribution < 1.29 is 0 Å². The first-order valence-electron chi connectivity index (χ1n) is 5.38. The fourth-order valence-corrected chi connectivity index (χ4v) is 2.10. The summed E-state index contributed by atoms with van der Waals surface area (Å²) in [7, 11) is 0. The van der Waals surface area contributed by atoms with Crippen molar-refractivity contribution in [2.24, 2.45) is 5.92 Å². The molecular weight excluding hydrogens is 170 g/mol. The third-order valence-electron chi connectivity index (χ3n) is 3.19. The van der Waals surface area contributed by atoms with E-state index in [1.165, 1.54) is 30.4 Å². The Bertz CT molecular complexity index is 367. The maximum Gasteiger partial charge on any atom is 0.0539 e. The topological polar surface area (TPSA) is 12.0 Å². The van der Waals surface area contributed by atoms with E-state index in [-0.39, 0.29) is 0 Å². The number of dihydropyridines is 1. The average Bonchev–Trinajstić information content (AvgIpc) is 3.04. The molecule has 1 heterocycles. The van der Waals surface area contributed by atoms with Gasteiger partial charge in [-0.25, -0.2) is 0 Å². The molecule has 1 fully saturated rings. The lowest BCUT2D eigenvalue weighted by Gasteiger charge is -2.23. The molecule has 0 spiro atoms. The molecule has 0 saturated heterocycles. The lowest BCUT2D eigenvalue weighted by Crippen LogP contribution is -2.31. The summed E-state index contributed by atoms with van der Waals surface area (Å²) in [6, 6.07) is 0.590. The van der Waals surface area contributed by atoms with Crippen LogP contribution in [0.4, 0.5) is 0 Å². The number of allylic oxidation sites excluding steroid dienone is 4. The molecule has 0 amide bonds. The number of nitrogens with one attached hydrogen (secondary N) is 1. The minimum atomic E-state index is 0.590. The van der Waals surface area contributed by atoms with E-state index in [1.807, 2.05) is 6.08 Å². The number of hydrogen-bond donors (Lipinski definition) is 1. The Kier molecular flexibility index (Phi) is 1.66. The van der Waals surface area contributed by atoms with Crippen molar-refractivity contribution in [3.63, 3.8) is 0 Å². The van der Waals surface area contributed by atoms with Crippen molar-refractivity contribution in [1.82, 2.24) is 5.32 Å². The molecule has 0 radical (unpaired) electrons. The Balaban J connectivity index is 1.89. The first-order chi connectivity index (χ1) is 6.88. The average molecular weight is 185 g/mol. The molecular formula is C13H15N. The van der Waals surface area contributed by atoms with Crippen LogP contribution in [0.2, 0.25) is 0 Å². The van der Waals surface area contributed by atoms with E-state index in [4.69, 9.17) is 0 Å². The highest BCUT2D eigenvalue weighted by atomic mass is 14.9. The van der Waals surface area contributed by atoms with E-state index in [0.29, 0.717) is 6.04 Å². The smallest absolute Gasteiger partial charge is 0.0539 e. The molecule has 1 nitrogen and oxygen atoms in total. The Morgan fingerprint density at radius 3 is 2.79 bits per heavy atom. The summed E-state index contributed by atoms with van der Waals surface area (Å²) < 4.78 is 0. The van der Waals surface area contributed by atoms with Crippen molar-refractivity contribution in [1.29, 1.82) is 0 Å². The van der Waals surface area contributed by atoms with Crippen LogP contribution in [0.25, 0.3) is 0 Å². The number of rotatable bonds is 3. The Labute approximate surface area is 84.9 Å². The molecule has 0 aromatic heterocycles. The molecule has 1 aliphatic heterocycles. The Morgan fingerprint density at radius 2 is 2.21 bits per heavy atom.